The van der Waals surface area contributed by atoms with Crippen LogP contribution < -0.4 is 4.74 Å². The molecule has 0 radical (unpaired) electrons. The highest BCUT2D eigenvalue weighted by atomic mass is 32.1. The monoisotopic (exact) mass is 382 g/mol. The van der Waals surface area contributed by atoms with Crippen LogP contribution in [0.1, 0.15) is 16.1 Å². The van der Waals surface area contributed by atoms with E-state index in [-0.39, 0.29) is 0 Å². The molecule has 1 aliphatic heterocycles. The number of aromatic nitrogens is 1. The lowest BCUT2D eigenvalue weighted by atomic mass is 10.0. The molecule has 5 heteroatoms. The van der Waals surface area contributed by atoms with Gasteiger partial charge in [-0.1, -0.05) is 18.2 Å². The number of rotatable bonds is 8. The van der Waals surface area contributed by atoms with Gasteiger partial charge >= 0.3 is 0 Å². The van der Waals surface area contributed by atoms with E-state index in [0.717, 1.165) is 50.3 Å². The first kappa shape index (κ1) is 18.4. The number of nitrogens with zero attached hydrogens (tertiary/aromatic N) is 2. The lowest BCUT2D eigenvalue weighted by Crippen LogP contribution is -2.52. The van der Waals surface area contributed by atoms with Gasteiger partial charge in [-0.15, -0.1) is 11.3 Å². The van der Waals surface area contributed by atoms with Gasteiger partial charge in [0.25, 0.3) is 0 Å². The number of aryl methyl sites for hydroxylation is 2. The molecule has 1 aromatic carbocycles. The van der Waals surface area contributed by atoms with Crippen LogP contribution in [0.4, 0.5) is 0 Å². The largest absolute Gasteiger partial charge is 0.495 e. The SMILES string of the molecule is COc1cccnc1CCc1c(CCN2CC(OC)C2)sc2ccccc12. The molecule has 0 unspecified atom stereocenters. The molecule has 4 nitrogen and oxygen atoms in total. The molecular weight excluding hydrogens is 356 g/mol. The maximum absolute atomic E-state index is 5.48. The molecule has 0 bridgehead atoms. The maximum Gasteiger partial charge on any atom is 0.140 e. The summed E-state index contributed by atoms with van der Waals surface area (Å²) in [6.45, 7) is 3.22. The van der Waals surface area contributed by atoms with Crippen LogP contribution in [0.2, 0.25) is 0 Å². The fourth-order valence-corrected chi connectivity index (χ4v) is 5.02. The molecule has 0 spiro atoms. The van der Waals surface area contributed by atoms with Crippen molar-refractivity contribution in [2.45, 2.75) is 25.4 Å². The number of hydrogen-bond acceptors (Lipinski definition) is 5. The normalized spacial score (nSPS) is 15.2. The molecule has 0 amide bonds. The Morgan fingerprint density at radius 3 is 2.74 bits per heavy atom. The average Bonchev–Trinajstić information content (AvgIpc) is 3.03. The molecule has 0 N–H and O–H groups in total. The van der Waals surface area contributed by atoms with Crippen LogP contribution in [0.15, 0.2) is 42.6 Å². The molecule has 3 aromatic rings. The van der Waals surface area contributed by atoms with Crippen LogP contribution >= 0.6 is 11.3 Å². The van der Waals surface area contributed by atoms with E-state index < -0.39 is 0 Å². The molecule has 1 fully saturated rings. The maximum atomic E-state index is 5.48. The number of hydrogen-bond donors (Lipinski definition) is 0. The molecule has 27 heavy (non-hydrogen) atoms. The van der Waals surface area contributed by atoms with E-state index in [9.17, 15) is 0 Å². The van der Waals surface area contributed by atoms with E-state index >= 15 is 0 Å². The van der Waals surface area contributed by atoms with Gasteiger partial charge in [0.15, 0.2) is 0 Å². The van der Waals surface area contributed by atoms with Gasteiger partial charge in [0.1, 0.15) is 5.75 Å². The number of pyridine rings is 1. The van der Waals surface area contributed by atoms with Crippen molar-refractivity contribution in [1.82, 2.24) is 9.88 Å². The summed E-state index contributed by atoms with van der Waals surface area (Å²) in [6, 6.07) is 12.7. The number of likely N-dealkylation sites (tertiary alicyclic amines) is 1. The zero-order valence-corrected chi connectivity index (χ0v) is 16.8. The van der Waals surface area contributed by atoms with Crippen molar-refractivity contribution in [2.24, 2.45) is 0 Å². The Hall–Kier alpha value is -1.95. The lowest BCUT2D eigenvalue weighted by Gasteiger charge is -2.38. The molecule has 4 rings (SSSR count). The number of benzene rings is 1. The Labute approximate surface area is 164 Å². The van der Waals surface area contributed by atoms with E-state index in [1.165, 1.54) is 20.5 Å². The Kier molecular flexibility index (Phi) is 5.72. The van der Waals surface area contributed by atoms with Gasteiger partial charge in [0, 0.05) is 42.5 Å². The number of thiophene rings is 1. The van der Waals surface area contributed by atoms with Crippen LogP contribution in [0.25, 0.3) is 10.1 Å². The van der Waals surface area contributed by atoms with Gasteiger partial charge in [0.05, 0.1) is 18.9 Å². The fourth-order valence-electron chi connectivity index (χ4n) is 3.78. The van der Waals surface area contributed by atoms with Gasteiger partial charge in [-0.3, -0.25) is 9.88 Å². The first-order chi connectivity index (χ1) is 13.3. The summed E-state index contributed by atoms with van der Waals surface area (Å²) >= 11 is 1.94. The van der Waals surface area contributed by atoms with E-state index in [2.05, 4.69) is 34.1 Å². The Bertz CT molecular complexity index is 902. The third-order valence-electron chi connectivity index (χ3n) is 5.37. The highest BCUT2D eigenvalue weighted by Gasteiger charge is 2.26. The van der Waals surface area contributed by atoms with Gasteiger partial charge in [-0.05, 0) is 48.4 Å². The van der Waals surface area contributed by atoms with Gasteiger partial charge < -0.3 is 9.47 Å². The predicted octanol–water partition coefficient (Wildman–Crippen LogP) is 3.96. The molecule has 3 heterocycles. The van der Waals surface area contributed by atoms with Crippen molar-refractivity contribution in [3.63, 3.8) is 0 Å². The Morgan fingerprint density at radius 1 is 1.07 bits per heavy atom. The lowest BCUT2D eigenvalue weighted by molar-refractivity contribution is -0.0284. The summed E-state index contributed by atoms with van der Waals surface area (Å²) in [7, 11) is 3.52. The molecule has 142 valence electrons. The van der Waals surface area contributed by atoms with E-state index in [4.69, 9.17) is 9.47 Å². The summed E-state index contributed by atoms with van der Waals surface area (Å²) in [5.74, 6) is 0.879. The summed E-state index contributed by atoms with van der Waals surface area (Å²) in [6.07, 6.45) is 5.26. The molecule has 2 aromatic heterocycles. The van der Waals surface area contributed by atoms with Crippen molar-refractivity contribution in [3.05, 3.63) is 58.7 Å². The Morgan fingerprint density at radius 2 is 1.93 bits per heavy atom. The minimum atomic E-state index is 0.420. The molecule has 0 atom stereocenters. The van der Waals surface area contributed by atoms with Crippen molar-refractivity contribution < 1.29 is 9.47 Å². The highest BCUT2D eigenvalue weighted by Crippen LogP contribution is 2.33. The number of fused-ring (bicyclic) bond motifs is 1. The van der Waals surface area contributed by atoms with Gasteiger partial charge in [0.2, 0.25) is 0 Å². The fraction of sp³-hybridized carbons (Fsp3) is 0.409. The van der Waals surface area contributed by atoms with Crippen LogP contribution in [0.5, 0.6) is 5.75 Å². The first-order valence-electron chi connectivity index (χ1n) is 9.50. The van der Waals surface area contributed by atoms with Crippen molar-refractivity contribution in [1.29, 1.82) is 0 Å². The first-order valence-corrected chi connectivity index (χ1v) is 10.3. The smallest absolute Gasteiger partial charge is 0.140 e. The quantitative estimate of drug-likeness (QED) is 0.591. The molecular formula is C22H26N2O2S. The average molecular weight is 383 g/mol. The number of methoxy groups -OCH3 is 2. The van der Waals surface area contributed by atoms with Crippen LogP contribution in [-0.2, 0) is 24.0 Å². The number of ether oxygens (including phenoxy) is 2. The zero-order valence-electron chi connectivity index (χ0n) is 16.0. The minimum absolute atomic E-state index is 0.420. The predicted molar refractivity (Wildman–Crippen MR) is 111 cm³/mol. The molecule has 0 saturated carbocycles. The van der Waals surface area contributed by atoms with Crippen molar-refractivity contribution >= 4 is 21.4 Å². The second kappa shape index (κ2) is 8.38. The van der Waals surface area contributed by atoms with Crippen molar-refractivity contribution in [3.8, 4) is 5.75 Å². The van der Waals surface area contributed by atoms with Crippen LogP contribution in [-0.4, -0.2) is 49.8 Å². The second-order valence-corrected chi connectivity index (χ2v) is 8.16. The summed E-state index contributed by atoms with van der Waals surface area (Å²) in [4.78, 5) is 8.51. The van der Waals surface area contributed by atoms with Crippen LogP contribution in [0, 0.1) is 0 Å². The second-order valence-electron chi connectivity index (χ2n) is 7.02. The van der Waals surface area contributed by atoms with E-state index in [1.54, 1.807) is 14.2 Å². The third-order valence-corrected chi connectivity index (χ3v) is 6.65. The van der Waals surface area contributed by atoms with Gasteiger partial charge in [-0.25, -0.2) is 0 Å². The molecule has 0 aliphatic carbocycles. The van der Waals surface area contributed by atoms with E-state index in [0.29, 0.717) is 6.10 Å². The summed E-state index contributed by atoms with van der Waals surface area (Å²) < 4.78 is 12.3. The standard InChI is InChI=1S/C22H26N2O2S/c1-25-16-14-24(15-16)13-11-22-18(17-6-3-4-8-21(17)27-22)9-10-19-20(26-2)7-5-12-23-19/h3-8,12,16H,9-11,13-15H2,1-2H3. The highest BCUT2D eigenvalue weighted by molar-refractivity contribution is 7.19. The summed E-state index contributed by atoms with van der Waals surface area (Å²) in [5.41, 5.74) is 2.51. The Balaban J connectivity index is 1.51. The molecule has 1 aliphatic rings. The van der Waals surface area contributed by atoms with E-state index in [1.807, 2.05) is 29.7 Å². The van der Waals surface area contributed by atoms with Gasteiger partial charge in [-0.2, -0.15) is 0 Å². The molecule has 1 saturated heterocycles. The zero-order chi connectivity index (χ0) is 18.6. The topological polar surface area (TPSA) is 34.6 Å². The van der Waals surface area contributed by atoms with Crippen molar-refractivity contribution in [2.75, 3.05) is 33.9 Å². The van der Waals surface area contributed by atoms with Crippen LogP contribution in [0.3, 0.4) is 0 Å². The minimum Gasteiger partial charge on any atom is -0.495 e. The third kappa shape index (κ3) is 4.00. The summed E-state index contributed by atoms with van der Waals surface area (Å²) in [5, 5.41) is 1.39.